The molecule has 0 radical (unpaired) electrons. The normalized spacial score (nSPS) is 16.4. The van der Waals surface area contributed by atoms with Gasteiger partial charge in [-0.15, -0.1) is 0 Å². The number of hydrogen-bond donors (Lipinski definition) is 0. The summed E-state index contributed by atoms with van der Waals surface area (Å²) in [5.41, 5.74) is 3.55. The van der Waals surface area contributed by atoms with Gasteiger partial charge in [0.1, 0.15) is 6.11 Å². The van der Waals surface area contributed by atoms with Gasteiger partial charge in [0.05, 0.1) is 5.56 Å². The van der Waals surface area contributed by atoms with E-state index in [4.69, 9.17) is 4.74 Å². The highest BCUT2D eigenvalue weighted by molar-refractivity contribution is 6.09. The maximum Gasteiger partial charge on any atom is 0.352 e. The number of benzene rings is 2. The first-order valence-electron chi connectivity index (χ1n) is 9.17. The molecule has 0 aromatic heterocycles. The molecule has 0 bridgehead atoms. The summed E-state index contributed by atoms with van der Waals surface area (Å²) in [6, 6.07) is 14.4. The Balaban J connectivity index is 1.80. The molecule has 0 spiro atoms. The zero-order chi connectivity index (χ0) is 19.7. The lowest BCUT2D eigenvalue weighted by atomic mass is 9.63. The lowest BCUT2D eigenvalue weighted by Gasteiger charge is -2.41. The Kier molecular flexibility index (Phi) is 4.93. The molecule has 138 valence electrons. The van der Waals surface area contributed by atoms with E-state index in [2.05, 4.69) is 39.7 Å². The van der Waals surface area contributed by atoms with Crippen LogP contribution < -0.4 is 0 Å². The van der Waals surface area contributed by atoms with Crippen LogP contribution in [0.2, 0.25) is 0 Å². The number of carbonyl (C=O) groups excluding carboxylic acids is 2. The highest BCUT2D eigenvalue weighted by atomic mass is 16.5. The zero-order valence-corrected chi connectivity index (χ0v) is 16.3. The average Bonchev–Trinajstić information content (AvgIpc) is 2.66. The Bertz CT molecular complexity index is 941. The topological polar surface area (TPSA) is 43.4 Å². The van der Waals surface area contributed by atoms with Crippen molar-refractivity contribution in [3.05, 3.63) is 70.8 Å². The van der Waals surface area contributed by atoms with Crippen molar-refractivity contribution in [2.45, 2.75) is 51.4 Å². The van der Waals surface area contributed by atoms with Gasteiger partial charge in [-0.3, -0.25) is 4.79 Å². The minimum absolute atomic E-state index is 0.0222. The molecule has 0 saturated carbocycles. The Hall–Kier alpha value is -2.86. The first-order chi connectivity index (χ1) is 12.7. The Morgan fingerprint density at radius 3 is 2.15 bits per heavy atom. The Labute approximate surface area is 160 Å². The van der Waals surface area contributed by atoms with E-state index in [0.29, 0.717) is 11.1 Å². The van der Waals surface area contributed by atoms with Gasteiger partial charge in [0.2, 0.25) is 5.78 Å². The second kappa shape index (κ2) is 7.04. The van der Waals surface area contributed by atoms with E-state index in [1.807, 2.05) is 24.3 Å². The fourth-order valence-electron chi connectivity index (χ4n) is 3.55. The summed E-state index contributed by atoms with van der Waals surface area (Å²) in [5, 5.41) is 0. The molecule has 2 aromatic rings. The Morgan fingerprint density at radius 2 is 1.48 bits per heavy atom. The SMILES string of the molecule is CC1(C)CCC(C)(C)c2cc(C(=O)C#COC(=O)c3ccccc3)ccc21. The van der Waals surface area contributed by atoms with Crippen molar-refractivity contribution in [2.24, 2.45) is 0 Å². The minimum Gasteiger partial charge on any atom is -0.368 e. The number of esters is 1. The lowest BCUT2D eigenvalue weighted by Crippen LogP contribution is -2.34. The monoisotopic (exact) mass is 360 g/mol. The average molecular weight is 360 g/mol. The van der Waals surface area contributed by atoms with Crippen molar-refractivity contribution >= 4 is 11.8 Å². The number of hydrogen-bond acceptors (Lipinski definition) is 3. The third-order valence-corrected chi connectivity index (χ3v) is 5.43. The third kappa shape index (κ3) is 3.95. The van der Waals surface area contributed by atoms with Crippen LogP contribution in [0.1, 0.15) is 72.4 Å². The van der Waals surface area contributed by atoms with E-state index in [-0.39, 0.29) is 16.6 Å². The molecule has 3 heteroatoms. The standard InChI is InChI=1S/C24H24O3/c1-23(2)13-14-24(3,4)20-16-18(10-11-19(20)23)21(25)12-15-27-22(26)17-8-6-5-7-9-17/h5-11,16H,13-14H2,1-4H3. The number of Topliss-reactive ketones (excluding diaryl/α,β-unsaturated/α-hetero) is 1. The number of ketones is 1. The molecule has 0 atom stereocenters. The summed E-state index contributed by atoms with van der Waals surface area (Å²) >= 11 is 0. The predicted octanol–water partition coefficient (Wildman–Crippen LogP) is 5.04. The van der Waals surface area contributed by atoms with Crippen molar-refractivity contribution in [3.8, 4) is 12.0 Å². The molecule has 3 rings (SSSR count). The van der Waals surface area contributed by atoms with Crippen LogP contribution in [0, 0.1) is 12.0 Å². The first-order valence-corrected chi connectivity index (χ1v) is 9.17. The molecular weight excluding hydrogens is 336 g/mol. The van der Waals surface area contributed by atoms with Crippen LogP contribution in [0.4, 0.5) is 0 Å². The summed E-state index contributed by atoms with van der Waals surface area (Å²) in [6.45, 7) is 8.90. The molecule has 0 aliphatic heterocycles. The molecule has 0 saturated heterocycles. The van der Waals surface area contributed by atoms with Gasteiger partial charge < -0.3 is 4.74 Å². The van der Waals surface area contributed by atoms with E-state index in [0.717, 1.165) is 12.8 Å². The number of carbonyl (C=O) groups is 2. The highest BCUT2D eigenvalue weighted by Gasteiger charge is 2.37. The quantitative estimate of drug-likeness (QED) is 0.428. The van der Waals surface area contributed by atoms with Gasteiger partial charge in [-0.05, 0) is 53.0 Å². The van der Waals surface area contributed by atoms with Crippen LogP contribution >= 0.6 is 0 Å². The van der Waals surface area contributed by atoms with Crippen molar-refractivity contribution in [2.75, 3.05) is 0 Å². The molecular formula is C24H24O3. The molecule has 3 nitrogen and oxygen atoms in total. The number of rotatable bonds is 2. The molecule has 0 N–H and O–H groups in total. The van der Waals surface area contributed by atoms with Gasteiger partial charge in [-0.2, -0.15) is 0 Å². The summed E-state index contributed by atoms with van der Waals surface area (Å²) in [5.74, 6) is 1.51. The molecule has 1 aliphatic rings. The van der Waals surface area contributed by atoms with Gasteiger partial charge >= 0.3 is 5.97 Å². The fraction of sp³-hybridized carbons (Fsp3) is 0.333. The van der Waals surface area contributed by atoms with E-state index in [1.54, 1.807) is 24.3 Å². The summed E-state index contributed by atoms with van der Waals surface area (Å²) in [6.07, 6.45) is 4.44. The van der Waals surface area contributed by atoms with E-state index < -0.39 is 5.97 Å². The van der Waals surface area contributed by atoms with E-state index in [1.165, 1.54) is 11.1 Å². The second-order valence-corrected chi connectivity index (χ2v) is 8.34. The summed E-state index contributed by atoms with van der Waals surface area (Å²) < 4.78 is 4.89. The smallest absolute Gasteiger partial charge is 0.352 e. The van der Waals surface area contributed by atoms with Gasteiger partial charge in [0.25, 0.3) is 0 Å². The second-order valence-electron chi connectivity index (χ2n) is 8.34. The van der Waals surface area contributed by atoms with Gasteiger partial charge in [-0.1, -0.05) is 58.0 Å². The zero-order valence-electron chi connectivity index (χ0n) is 16.3. The first kappa shape index (κ1) is 18.9. The molecule has 0 unspecified atom stereocenters. The van der Waals surface area contributed by atoms with Crippen molar-refractivity contribution in [1.29, 1.82) is 0 Å². The van der Waals surface area contributed by atoms with Crippen LogP contribution in [-0.4, -0.2) is 11.8 Å². The maximum atomic E-state index is 12.5. The molecule has 0 fully saturated rings. The largest absolute Gasteiger partial charge is 0.368 e. The highest BCUT2D eigenvalue weighted by Crippen LogP contribution is 2.45. The molecule has 0 heterocycles. The maximum absolute atomic E-state index is 12.5. The molecule has 1 aliphatic carbocycles. The third-order valence-electron chi connectivity index (χ3n) is 5.43. The van der Waals surface area contributed by atoms with Crippen molar-refractivity contribution < 1.29 is 14.3 Å². The number of ether oxygens (including phenoxy) is 1. The van der Waals surface area contributed by atoms with Crippen LogP contribution in [0.15, 0.2) is 48.5 Å². The number of fused-ring (bicyclic) bond motifs is 1. The summed E-state index contributed by atoms with van der Waals surface area (Å²) in [4.78, 5) is 24.3. The molecule has 2 aromatic carbocycles. The van der Waals surface area contributed by atoms with Gasteiger partial charge in [0.15, 0.2) is 0 Å². The van der Waals surface area contributed by atoms with Gasteiger partial charge in [-0.25, -0.2) is 4.79 Å². The van der Waals surface area contributed by atoms with E-state index in [9.17, 15) is 9.59 Å². The molecule has 0 amide bonds. The summed E-state index contributed by atoms with van der Waals surface area (Å²) in [7, 11) is 0. The lowest BCUT2D eigenvalue weighted by molar-refractivity contribution is 0.0690. The predicted molar refractivity (Wildman–Crippen MR) is 106 cm³/mol. The minimum atomic E-state index is -0.566. The molecule has 27 heavy (non-hydrogen) atoms. The van der Waals surface area contributed by atoms with Crippen molar-refractivity contribution in [1.82, 2.24) is 0 Å². The fourth-order valence-corrected chi connectivity index (χ4v) is 3.55. The van der Waals surface area contributed by atoms with Crippen LogP contribution in [0.25, 0.3) is 0 Å². The van der Waals surface area contributed by atoms with Crippen molar-refractivity contribution in [3.63, 3.8) is 0 Å². The Morgan fingerprint density at radius 1 is 0.852 bits per heavy atom. The van der Waals surface area contributed by atoms with Crippen LogP contribution in [-0.2, 0) is 15.6 Å². The van der Waals surface area contributed by atoms with Crippen LogP contribution in [0.3, 0.4) is 0 Å². The van der Waals surface area contributed by atoms with Crippen LogP contribution in [0.5, 0.6) is 0 Å². The van der Waals surface area contributed by atoms with Gasteiger partial charge in [0, 0.05) is 11.5 Å². The van der Waals surface area contributed by atoms with E-state index >= 15 is 0 Å².